The predicted molar refractivity (Wildman–Crippen MR) is 96.8 cm³/mol. The number of hydrogen-bond acceptors (Lipinski definition) is 7. The summed E-state index contributed by atoms with van der Waals surface area (Å²) in [4.78, 5) is 19.9. The van der Waals surface area contributed by atoms with Crippen molar-refractivity contribution < 1.29 is 9.90 Å². The van der Waals surface area contributed by atoms with Crippen molar-refractivity contribution >= 4 is 17.2 Å². The molecule has 2 aromatic heterocycles. The molecule has 0 bridgehead atoms. The second-order valence-electron chi connectivity index (χ2n) is 7.13. The van der Waals surface area contributed by atoms with Crippen LogP contribution in [0.3, 0.4) is 0 Å². The highest BCUT2D eigenvalue weighted by atomic mass is 32.1. The summed E-state index contributed by atoms with van der Waals surface area (Å²) in [6.45, 7) is 3.00. The van der Waals surface area contributed by atoms with Crippen molar-refractivity contribution in [1.29, 1.82) is 0 Å². The second-order valence-corrected chi connectivity index (χ2v) is 8.25. The molecule has 0 atom stereocenters. The third kappa shape index (κ3) is 3.51. The molecule has 2 aromatic rings. The Morgan fingerprint density at radius 2 is 2.12 bits per heavy atom. The van der Waals surface area contributed by atoms with E-state index < -0.39 is 0 Å². The zero-order valence-corrected chi connectivity index (χ0v) is 15.7. The van der Waals surface area contributed by atoms with Crippen LogP contribution in [-0.4, -0.2) is 54.8 Å². The standard InChI is InChI=1S/C17H24N6O2S/c1-22-14(10-24)20-21-16(22)11-6-12(7-11)19-17(25)13-8-18-15(26-13)9-23-4-2-3-5-23/h8,11-12,24H,2-7,9-10H2,1H3,(H,19,25). The number of amides is 1. The number of thiazole rings is 1. The van der Waals surface area contributed by atoms with Crippen LogP contribution in [0.2, 0.25) is 0 Å². The summed E-state index contributed by atoms with van der Waals surface area (Å²) < 4.78 is 1.84. The van der Waals surface area contributed by atoms with Crippen LogP contribution in [-0.2, 0) is 20.2 Å². The fourth-order valence-electron chi connectivity index (χ4n) is 3.69. The molecule has 2 fully saturated rings. The maximum Gasteiger partial charge on any atom is 0.263 e. The first-order chi connectivity index (χ1) is 12.6. The van der Waals surface area contributed by atoms with Gasteiger partial charge in [-0.2, -0.15) is 0 Å². The van der Waals surface area contributed by atoms with E-state index in [1.54, 1.807) is 6.20 Å². The fourth-order valence-corrected chi connectivity index (χ4v) is 4.56. The lowest BCUT2D eigenvalue weighted by Crippen LogP contribution is -2.43. The summed E-state index contributed by atoms with van der Waals surface area (Å²) in [6, 6.07) is 0.158. The Hall–Kier alpha value is -1.84. The minimum absolute atomic E-state index is 0.0346. The van der Waals surface area contributed by atoms with Gasteiger partial charge in [-0.3, -0.25) is 9.69 Å². The van der Waals surface area contributed by atoms with Gasteiger partial charge in [0.25, 0.3) is 5.91 Å². The van der Waals surface area contributed by atoms with Crippen molar-refractivity contribution in [3.05, 3.63) is 27.7 Å². The highest BCUT2D eigenvalue weighted by molar-refractivity contribution is 7.13. The molecule has 0 unspecified atom stereocenters. The molecule has 140 valence electrons. The summed E-state index contributed by atoms with van der Waals surface area (Å²) in [5.41, 5.74) is 0. The van der Waals surface area contributed by atoms with Gasteiger partial charge >= 0.3 is 0 Å². The Balaban J connectivity index is 1.28. The van der Waals surface area contributed by atoms with Crippen molar-refractivity contribution in [2.45, 2.75) is 50.8 Å². The molecule has 26 heavy (non-hydrogen) atoms. The number of hydrogen-bond donors (Lipinski definition) is 2. The van der Waals surface area contributed by atoms with Gasteiger partial charge in [0.2, 0.25) is 0 Å². The van der Waals surface area contributed by atoms with Crippen molar-refractivity contribution in [1.82, 2.24) is 30.0 Å². The van der Waals surface area contributed by atoms with Gasteiger partial charge in [-0.05, 0) is 38.8 Å². The summed E-state index contributed by atoms with van der Waals surface area (Å²) in [6.07, 6.45) is 5.91. The van der Waals surface area contributed by atoms with Gasteiger partial charge < -0.3 is 15.0 Å². The fraction of sp³-hybridized carbons (Fsp3) is 0.647. The molecule has 1 amide bonds. The highest BCUT2D eigenvalue weighted by Crippen LogP contribution is 2.36. The van der Waals surface area contributed by atoms with Gasteiger partial charge in [-0.15, -0.1) is 21.5 Å². The topological polar surface area (TPSA) is 96.2 Å². The van der Waals surface area contributed by atoms with Crippen LogP contribution in [0.1, 0.15) is 57.9 Å². The maximum absolute atomic E-state index is 12.4. The molecule has 1 aliphatic carbocycles. The number of carbonyl (C=O) groups excluding carboxylic acids is 1. The van der Waals surface area contributed by atoms with Crippen molar-refractivity contribution in [3.63, 3.8) is 0 Å². The Kier molecular flexibility index (Phi) is 5.01. The van der Waals surface area contributed by atoms with Crippen molar-refractivity contribution in [3.8, 4) is 0 Å². The lowest BCUT2D eigenvalue weighted by atomic mass is 9.79. The minimum Gasteiger partial charge on any atom is -0.388 e. The van der Waals surface area contributed by atoms with E-state index in [0.29, 0.717) is 10.7 Å². The normalized spacial score (nSPS) is 23.2. The first kappa shape index (κ1) is 17.6. The third-order valence-corrected chi connectivity index (χ3v) is 6.29. The van der Waals surface area contributed by atoms with Crippen molar-refractivity contribution in [2.75, 3.05) is 13.1 Å². The maximum atomic E-state index is 12.4. The molecular formula is C17H24N6O2S. The van der Waals surface area contributed by atoms with Crippen LogP contribution in [0, 0.1) is 0 Å². The smallest absolute Gasteiger partial charge is 0.263 e. The van der Waals surface area contributed by atoms with E-state index in [1.807, 2.05) is 11.6 Å². The molecule has 0 aromatic carbocycles. The van der Waals surface area contributed by atoms with E-state index in [2.05, 4.69) is 25.4 Å². The van der Waals surface area contributed by atoms with Gasteiger partial charge in [-0.1, -0.05) is 0 Å². The van der Waals surface area contributed by atoms with Gasteiger partial charge in [0.1, 0.15) is 22.3 Å². The minimum atomic E-state index is -0.110. The van der Waals surface area contributed by atoms with E-state index >= 15 is 0 Å². The largest absolute Gasteiger partial charge is 0.388 e. The Morgan fingerprint density at radius 1 is 1.35 bits per heavy atom. The SMILES string of the molecule is Cn1c(CO)nnc1C1CC(NC(=O)c2cnc(CN3CCCC3)s2)C1. The molecule has 3 heterocycles. The Bertz CT molecular complexity index is 776. The quantitative estimate of drug-likeness (QED) is 0.782. The first-order valence-electron chi connectivity index (χ1n) is 9.11. The van der Waals surface area contributed by atoms with E-state index in [-0.39, 0.29) is 24.5 Å². The third-order valence-electron chi connectivity index (χ3n) is 5.31. The van der Waals surface area contributed by atoms with Crippen LogP contribution in [0.4, 0.5) is 0 Å². The molecule has 4 rings (SSSR count). The molecular weight excluding hydrogens is 352 g/mol. The van der Waals surface area contributed by atoms with E-state index in [1.165, 1.54) is 24.2 Å². The molecule has 2 aliphatic rings. The monoisotopic (exact) mass is 376 g/mol. The zero-order valence-electron chi connectivity index (χ0n) is 14.9. The molecule has 9 heteroatoms. The Morgan fingerprint density at radius 3 is 2.81 bits per heavy atom. The van der Waals surface area contributed by atoms with E-state index in [9.17, 15) is 9.90 Å². The molecule has 1 aliphatic heterocycles. The van der Waals surface area contributed by atoms with Crippen LogP contribution >= 0.6 is 11.3 Å². The number of nitrogens with one attached hydrogen (secondary N) is 1. The number of rotatable bonds is 6. The van der Waals surface area contributed by atoms with Gasteiger partial charge in [0.15, 0.2) is 5.82 Å². The van der Waals surface area contributed by atoms with E-state index in [4.69, 9.17) is 0 Å². The molecule has 0 spiro atoms. The molecule has 8 nitrogen and oxygen atoms in total. The molecule has 0 radical (unpaired) electrons. The van der Waals surface area contributed by atoms with Crippen LogP contribution < -0.4 is 5.32 Å². The second kappa shape index (κ2) is 7.42. The highest BCUT2D eigenvalue weighted by Gasteiger charge is 2.35. The van der Waals surface area contributed by atoms with Gasteiger partial charge in [-0.25, -0.2) is 4.98 Å². The summed E-state index contributed by atoms with van der Waals surface area (Å²) >= 11 is 1.49. The average Bonchev–Trinajstić information content (AvgIpc) is 3.33. The van der Waals surface area contributed by atoms with Crippen LogP contribution in [0.5, 0.6) is 0 Å². The lowest BCUT2D eigenvalue weighted by Gasteiger charge is -2.34. The predicted octanol–water partition coefficient (Wildman–Crippen LogP) is 1.04. The zero-order chi connectivity index (χ0) is 18.1. The number of aliphatic hydroxyl groups is 1. The lowest BCUT2D eigenvalue weighted by molar-refractivity contribution is 0.0911. The molecule has 1 saturated carbocycles. The average molecular weight is 376 g/mol. The number of carbonyl (C=O) groups is 1. The summed E-state index contributed by atoms with van der Waals surface area (Å²) in [5, 5.41) is 21.4. The first-order valence-corrected chi connectivity index (χ1v) is 9.92. The number of likely N-dealkylation sites (tertiary alicyclic amines) is 1. The number of aromatic nitrogens is 4. The van der Waals surface area contributed by atoms with Crippen LogP contribution in [0.25, 0.3) is 0 Å². The number of nitrogens with zero attached hydrogens (tertiary/aromatic N) is 5. The van der Waals surface area contributed by atoms with Gasteiger partial charge in [0, 0.05) is 19.0 Å². The van der Waals surface area contributed by atoms with Crippen molar-refractivity contribution in [2.24, 2.45) is 7.05 Å². The summed E-state index contributed by atoms with van der Waals surface area (Å²) in [5.74, 6) is 1.70. The van der Waals surface area contributed by atoms with Gasteiger partial charge in [0.05, 0.1) is 12.7 Å². The summed E-state index contributed by atoms with van der Waals surface area (Å²) in [7, 11) is 1.87. The molecule has 1 saturated heterocycles. The Labute approximate surface area is 156 Å². The number of aliphatic hydroxyl groups excluding tert-OH is 1. The molecule has 2 N–H and O–H groups in total. The van der Waals surface area contributed by atoms with Crippen LogP contribution in [0.15, 0.2) is 6.20 Å². The van der Waals surface area contributed by atoms with E-state index in [0.717, 1.165) is 43.3 Å².